The number of likely N-dealkylation sites (tertiary alicyclic amines) is 1. The minimum Gasteiger partial charge on any atom is -0.387 e. The molecule has 1 saturated heterocycles. The van der Waals surface area contributed by atoms with E-state index in [0.717, 1.165) is 37.1 Å². The molecule has 0 saturated carbocycles. The number of piperidine rings is 1. The molecule has 4 nitrogen and oxygen atoms in total. The van der Waals surface area contributed by atoms with Crippen LogP contribution in [-0.2, 0) is 4.79 Å². The summed E-state index contributed by atoms with van der Waals surface area (Å²) in [6.45, 7) is 4.13. The molecule has 1 fully saturated rings. The fourth-order valence-electron chi connectivity index (χ4n) is 2.79. The van der Waals surface area contributed by atoms with Crippen LogP contribution in [0.25, 0.3) is 0 Å². The maximum atomic E-state index is 12.1. The molecule has 0 bridgehead atoms. The third-order valence-corrected chi connectivity index (χ3v) is 4.01. The zero-order valence-corrected chi connectivity index (χ0v) is 12.3. The molecule has 2 unspecified atom stereocenters. The van der Waals surface area contributed by atoms with Gasteiger partial charge in [0.2, 0.25) is 5.91 Å². The summed E-state index contributed by atoms with van der Waals surface area (Å²) in [6, 6.07) is 7.72. The fourth-order valence-corrected chi connectivity index (χ4v) is 2.79. The number of hydrogen-bond donors (Lipinski definition) is 2. The van der Waals surface area contributed by atoms with Crippen LogP contribution in [0.1, 0.15) is 30.1 Å². The summed E-state index contributed by atoms with van der Waals surface area (Å²) in [5, 5.41) is 13.1. The number of aliphatic hydroxyl groups is 1. The van der Waals surface area contributed by atoms with E-state index < -0.39 is 6.10 Å². The molecule has 0 radical (unpaired) electrons. The van der Waals surface area contributed by atoms with Crippen molar-refractivity contribution in [1.82, 2.24) is 10.2 Å². The first-order valence-electron chi connectivity index (χ1n) is 7.27. The third-order valence-electron chi connectivity index (χ3n) is 4.01. The van der Waals surface area contributed by atoms with E-state index in [9.17, 15) is 9.90 Å². The molecule has 1 heterocycles. The molecule has 4 heteroatoms. The molecule has 1 aliphatic rings. The minimum absolute atomic E-state index is 0.0535. The summed E-state index contributed by atoms with van der Waals surface area (Å²) in [4.78, 5) is 14.3. The quantitative estimate of drug-likeness (QED) is 0.876. The van der Waals surface area contributed by atoms with Gasteiger partial charge in [-0.25, -0.2) is 0 Å². The van der Waals surface area contributed by atoms with Crippen molar-refractivity contribution in [2.45, 2.75) is 25.9 Å². The zero-order valence-electron chi connectivity index (χ0n) is 12.3. The molecule has 20 heavy (non-hydrogen) atoms. The van der Waals surface area contributed by atoms with Crippen LogP contribution in [0.3, 0.4) is 0 Å². The Kier molecular flexibility index (Phi) is 5.15. The molecule has 2 atom stereocenters. The van der Waals surface area contributed by atoms with Gasteiger partial charge in [0.15, 0.2) is 0 Å². The number of hydrogen-bond acceptors (Lipinski definition) is 3. The molecular weight excluding hydrogens is 252 g/mol. The Balaban J connectivity index is 1.85. The van der Waals surface area contributed by atoms with Crippen molar-refractivity contribution in [3.63, 3.8) is 0 Å². The number of nitrogens with one attached hydrogen (secondary N) is 1. The predicted molar refractivity (Wildman–Crippen MR) is 79.4 cm³/mol. The Hall–Kier alpha value is -1.39. The predicted octanol–water partition coefficient (Wildman–Crippen LogP) is 1.49. The first kappa shape index (κ1) is 15.0. The highest BCUT2D eigenvalue weighted by molar-refractivity contribution is 5.79. The smallest absolute Gasteiger partial charge is 0.224 e. The first-order valence-corrected chi connectivity index (χ1v) is 7.27. The highest BCUT2D eigenvalue weighted by atomic mass is 16.3. The number of carbonyl (C=O) groups excluding carboxylic acids is 1. The van der Waals surface area contributed by atoms with E-state index in [1.165, 1.54) is 0 Å². The number of aliphatic hydroxyl groups excluding tert-OH is 1. The van der Waals surface area contributed by atoms with Crippen molar-refractivity contribution in [3.8, 4) is 0 Å². The van der Waals surface area contributed by atoms with Gasteiger partial charge < -0.3 is 15.3 Å². The monoisotopic (exact) mass is 276 g/mol. The third kappa shape index (κ3) is 3.81. The van der Waals surface area contributed by atoms with E-state index in [1.54, 1.807) is 0 Å². The lowest BCUT2D eigenvalue weighted by Crippen LogP contribution is -2.42. The topological polar surface area (TPSA) is 52.6 Å². The molecule has 2 rings (SSSR count). The van der Waals surface area contributed by atoms with Gasteiger partial charge in [-0.15, -0.1) is 0 Å². The summed E-state index contributed by atoms with van der Waals surface area (Å²) in [5.74, 6) is 0.113. The van der Waals surface area contributed by atoms with E-state index in [-0.39, 0.29) is 18.4 Å². The van der Waals surface area contributed by atoms with Crippen molar-refractivity contribution >= 4 is 5.91 Å². The lowest BCUT2D eigenvalue weighted by atomic mass is 9.97. The minimum atomic E-state index is -0.638. The average molecular weight is 276 g/mol. The largest absolute Gasteiger partial charge is 0.387 e. The molecule has 1 aromatic carbocycles. The second-order valence-corrected chi connectivity index (χ2v) is 5.72. The van der Waals surface area contributed by atoms with Crippen LogP contribution in [0.4, 0.5) is 0 Å². The van der Waals surface area contributed by atoms with Gasteiger partial charge in [-0.1, -0.05) is 24.3 Å². The maximum absolute atomic E-state index is 12.1. The molecular formula is C16H24N2O2. The maximum Gasteiger partial charge on any atom is 0.224 e. The van der Waals surface area contributed by atoms with Gasteiger partial charge in [0, 0.05) is 13.1 Å². The Morgan fingerprint density at radius 2 is 2.25 bits per heavy atom. The van der Waals surface area contributed by atoms with Gasteiger partial charge in [-0.2, -0.15) is 0 Å². The van der Waals surface area contributed by atoms with Crippen molar-refractivity contribution < 1.29 is 9.90 Å². The van der Waals surface area contributed by atoms with Gasteiger partial charge in [0.1, 0.15) is 0 Å². The van der Waals surface area contributed by atoms with Crippen LogP contribution in [0.2, 0.25) is 0 Å². The van der Waals surface area contributed by atoms with Gasteiger partial charge in [-0.05, 0) is 44.5 Å². The van der Waals surface area contributed by atoms with Crippen molar-refractivity contribution in [3.05, 3.63) is 35.4 Å². The molecule has 1 amide bonds. The second kappa shape index (κ2) is 6.86. The Morgan fingerprint density at radius 3 is 2.95 bits per heavy atom. The van der Waals surface area contributed by atoms with Crippen LogP contribution in [0.15, 0.2) is 24.3 Å². The number of amides is 1. The zero-order chi connectivity index (χ0) is 14.5. The van der Waals surface area contributed by atoms with Crippen LogP contribution in [-0.4, -0.2) is 42.6 Å². The van der Waals surface area contributed by atoms with Crippen molar-refractivity contribution in [2.24, 2.45) is 5.92 Å². The normalized spacial score (nSPS) is 21.4. The summed E-state index contributed by atoms with van der Waals surface area (Å²) in [5.41, 5.74) is 1.93. The van der Waals surface area contributed by atoms with Crippen LogP contribution < -0.4 is 5.32 Å². The van der Waals surface area contributed by atoms with Crippen LogP contribution in [0, 0.1) is 12.8 Å². The number of aryl methyl sites for hydroxylation is 1. The fraction of sp³-hybridized carbons (Fsp3) is 0.562. The van der Waals surface area contributed by atoms with E-state index in [2.05, 4.69) is 10.2 Å². The van der Waals surface area contributed by atoms with Gasteiger partial charge >= 0.3 is 0 Å². The molecule has 110 valence electrons. The first-order chi connectivity index (χ1) is 9.58. The van der Waals surface area contributed by atoms with E-state index in [1.807, 2.05) is 38.2 Å². The van der Waals surface area contributed by atoms with E-state index >= 15 is 0 Å². The molecule has 1 aromatic rings. The molecule has 0 aromatic heterocycles. The standard InChI is InChI=1S/C16H24N2O2/c1-12-6-3-4-8-14(12)15(19)10-17-16(20)13-7-5-9-18(2)11-13/h3-4,6,8,13,15,19H,5,7,9-11H2,1-2H3,(H,17,20). The Morgan fingerprint density at radius 1 is 1.50 bits per heavy atom. The van der Waals surface area contributed by atoms with Gasteiger partial charge in [0.25, 0.3) is 0 Å². The lowest BCUT2D eigenvalue weighted by Gasteiger charge is -2.29. The van der Waals surface area contributed by atoms with Crippen LogP contribution >= 0.6 is 0 Å². The lowest BCUT2D eigenvalue weighted by molar-refractivity contribution is -0.127. The van der Waals surface area contributed by atoms with E-state index in [4.69, 9.17) is 0 Å². The average Bonchev–Trinajstić information content (AvgIpc) is 2.45. The molecule has 0 spiro atoms. The highest BCUT2D eigenvalue weighted by Gasteiger charge is 2.24. The van der Waals surface area contributed by atoms with Gasteiger partial charge in [0.05, 0.1) is 12.0 Å². The summed E-state index contributed by atoms with van der Waals surface area (Å²) >= 11 is 0. The van der Waals surface area contributed by atoms with Crippen molar-refractivity contribution in [1.29, 1.82) is 0 Å². The van der Waals surface area contributed by atoms with Crippen molar-refractivity contribution in [2.75, 3.05) is 26.7 Å². The van der Waals surface area contributed by atoms with E-state index in [0.29, 0.717) is 0 Å². The number of nitrogens with zero attached hydrogens (tertiary/aromatic N) is 1. The summed E-state index contributed by atoms with van der Waals surface area (Å²) < 4.78 is 0. The summed E-state index contributed by atoms with van der Waals surface area (Å²) in [7, 11) is 2.04. The molecule has 2 N–H and O–H groups in total. The Labute approximate surface area is 120 Å². The highest BCUT2D eigenvalue weighted by Crippen LogP contribution is 2.18. The number of carbonyl (C=O) groups is 1. The van der Waals surface area contributed by atoms with Gasteiger partial charge in [-0.3, -0.25) is 4.79 Å². The second-order valence-electron chi connectivity index (χ2n) is 5.72. The SMILES string of the molecule is Cc1ccccc1C(O)CNC(=O)C1CCCN(C)C1. The molecule has 1 aliphatic heterocycles. The summed E-state index contributed by atoms with van der Waals surface area (Å²) in [6.07, 6.45) is 1.37. The van der Waals surface area contributed by atoms with Crippen LogP contribution in [0.5, 0.6) is 0 Å². The Bertz CT molecular complexity index is 462. The molecule has 0 aliphatic carbocycles. The number of rotatable bonds is 4. The number of benzene rings is 1.